The number of esters is 1. The molecule has 0 aliphatic heterocycles. The smallest absolute Gasteiger partial charge is 0.306 e. The van der Waals surface area contributed by atoms with E-state index in [4.69, 9.17) is 4.74 Å². The van der Waals surface area contributed by atoms with Crippen molar-refractivity contribution < 1.29 is 18.3 Å². The van der Waals surface area contributed by atoms with Crippen LogP contribution in [0.1, 0.15) is 51.0 Å². The van der Waals surface area contributed by atoms with Gasteiger partial charge in [-0.05, 0) is 36.6 Å². The first kappa shape index (κ1) is 16.6. The Hall–Kier alpha value is -1.45. The number of hydrogen-bond donors (Lipinski definition) is 0. The highest BCUT2D eigenvalue weighted by Gasteiger charge is 2.08. The van der Waals surface area contributed by atoms with Gasteiger partial charge >= 0.3 is 5.97 Å². The molecule has 0 saturated carbocycles. The predicted octanol–water partition coefficient (Wildman–Crippen LogP) is 4.41. The molecule has 0 unspecified atom stereocenters. The number of carbonyl (C=O) groups excluding carboxylic acids is 1. The number of aryl methyl sites for hydroxylation is 1. The standard InChI is InChI=1S/C16H22F2O2/c1-2-3-4-5-6-11-20-16(19)10-7-13-12-14(17)8-9-15(13)18/h8-9,12H,2-7,10-11H2,1H3. The van der Waals surface area contributed by atoms with Gasteiger partial charge in [-0.1, -0.05) is 32.6 Å². The van der Waals surface area contributed by atoms with Crippen LogP contribution in [-0.2, 0) is 16.0 Å². The monoisotopic (exact) mass is 284 g/mol. The van der Waals surface area contributed by atoms with E-state index in [2.05, 4.69) is 6.92 Å². The first-order chi connectivity index (χ1) is 9.63. The van der Waals surface area contributed by atoms with Crippen LogP contribution in [0.4, 0.5) is 8.78 Å². The topological polar surface area (TPSA) is 26.3 Å². The minimum Gasteiger partial charge on any atom is -0.466 e. The van der Waals surface area contributed by atoms with Crippen LogP contribution in [-0.4, -0.2) is 12.6 Å². The molecule has 0 radical (unpaired) electrons. The zero-order chi connectivity index (χ0) is 14.8. The SMILES string of the molecule is CCCCCCCOC(=O)CCc1cc(F)ccc1F. The van der Waals surface area contributed by atoms with Crippen molar-refractivity contribution in [1.29, 1.82) is 0 Å². The van der Waals surface area contributed by atoms with Crippen molar-refractivity contribution in [1.82, 2.24) is 0 Å². The molecule has 0 aliphatic carbocycles. The summed E-state index contributed by atoms with van der Waals surface area (Å²) in [5, 5.41) is 0. The van der Waals surface area contributed by atoms with E-state index in [1.54, 1.807) is 0 Å². The van der Waals surface area contributed by atoms with Crippen LogP contribution in [0.25, 0.3) is 0 Å². The van der Waals surface area contributed by atoms with Crippen molar-refractivity contribution in [2.45, 2.75) is 51.9 Å². The van der Waals surface area contributed by atoms with Crippen LogP contribution in [0.5, 0.6) is 0 Å². The Balaban J connectivity index is 2.18. The van der Waals surface area contributed by atoms with Gasteiger partial charge < -0.3 is 4.74 Å². The summed E-state index contributed by atoms with van der Waals surface area (Å²) in [6, 6.07) is 3.25. The third-order valence-corrected chi connectivity index (χ3v) is 3.12. The fourth-order valence-corrected chi connectivity index (χ4v) is 1.94. The summed E-state index contributed by atoms with van der Waals surface area (Å²) < 4.78 is 31.3. The minimum atomic E-state index is -0.495. The summed E-state index contributed by atoms with van der Waals surface area (Å²) in [6.45, 7) is 2.56. The Morgan fingerprint density at radius 2 is 1.90 bits per heavy atom. The summed E-state index contributed by atoms with van der Waals surface area (Å²) in [6.07, 6.45) is 5.70. The average molecular weight is 284 g/mol. The number of carbonyl (C=O) groups is 1. The number of rotatable bonds is 9. The first-order valence-corrected chi connectivity index (χ1v) is 7.23. The molecule has 1 aromatic carbocycles. The van der Waals surface area contributed by atoms with Crippen molar-refractivity contribution in [2.24, 2.45) is 0 Å². The molecule has 112 valence electrons. The number of ether oxygens (including phenoxy) is 1. The molecule has 0 fully saturated rings. The lowest BCUT2D eigenvalue weighted by atomic mass is 10.1. The molecule has 0 heterocycles. The summed E-state index contributed by atoms with van der Waals surface area (Å²) in [7, 11) is 0. The van der Waals surface area contributed by atoms with Crippen molar-refractivity contribution in [3.05, 3.63) is 35.4 Å². The van der Waals surface area contributed by atoms with E-state index in [9.17, 15) is 13.6 Å². The highest BCUT2D eigenvalue weighted by atomic mass is 19.1. The van der Waals surface area contributed by atoms with E-state index in [-0.39, 0.29) is 24.4 Å². The normalized spacial score (nSPS) is 10.6. The maximum Gasteiger partial charge on any atom is 0.306 e. The number of benzene rings is 1. The number of halogens is 2. The predicted molar refractivity (Wildman–Crippen MR) is 74.4 cm³/mol. The van der Waals surface area contributed by atoms with Gasteiger partial charge in [0.1, 0.15) is 11.6 Å². The second-order valence-corrected chi connectivity index (χ2v) is 4.87. The molecule has 0 aliphatic rings. The van der Waals surface area contributed by atoms with E-state index >= 15 is 0 Å². The van der Waals surface area contributed by atoms with E-state index in [0.717, 1.165) is 37.5 Å². The van der Waals surface area contributed by atoms with Crippen molar-refractivity contribution >= 4 is 5.97 Å². The zero-order valence-electron chi connectivity index (χ0n) is 12.0. The molecule has 4 heteroatoms. The van der Waals surface area contributed by atoms with E-state index in [0.29, 0.717) is 6.61 Å². The summed E-state index contributed by atoms with van der Waals surface area (Å²) in [4.78, 5) is 11.5. The second-order valence-electron chi connectivity index (χ2n) is 4.87. The Bertz CT molecular complexity index is 419. The molecule has 20 heavy (non-hydrogen) atoms. The van der Waals surface area contributed by atoms with Crippen LogP contribution in [0.3, 0.4) is 0 Å². The molecule has 0 saturated heterocycles. The fourth-order valence-electron chi connectivity index (χ4n) is 1.94. The highest BCUT2D eigenvalue weighted by Crippen LogP contribution is 2.12. The fraction of sp³-hybridized carbons (Fsp3) is 0.562. The summed E-state index contributed by atoms with van der Waals surface area (Å²) in [5.41, 5.74) is 0.213. The Morgan fingerprint density at radius 3 is 2.65 bits per heavy atom. The third kappa shape index (κ3) is 6.64. The molecule has 1 rings (SSSR count). The molecule has 0 amide bonds. The number of unbranched alkanes of at least 4 members (excludes halogenated alkanes) is 4. The van der Waals surface area contributed by atoms with Crippen molar-refractivity contribution in [2.75, 3.05) is 6.61 Å². The lowest BCUT2D eigenvalue weighted by Gasteiger charge is -2.06. The first-order valence-electron chi connectivity index (χ1n) is 7.23. The van der Waals surface area contributed by atoms with Gasteiger partial charge in [0.15, 0.2) is 0 Å². The van der Waals surface area contributed by atoms with Gasteiger partial charge in [-0.15, -0.1) is 0 Å². The van der Waals surface area contributed by atoms with Crippen LogP contribution >= 0.6 is 0 Å². The molecule has 2 nitrogen and oxygen atoms in total. The van der Waals surface area contributed by atoms with Gasteiger partial charge in [-0.2, -0.15) is 0 Å². The Labute approximate surface area is 119 Å². The minimum absolute atomic E-state index is 0.0787. The molecule has 1 aromatic rings. The molecule has 0 aromatic heterocycles. The van der Waals surface area contributed by atoms with Crippen molar-refractivity contribution in [3.63, 3.8) is 0 Å². The van der Waals surface area contributed by atoms with Gasteiger partial charge in [0, 0.05) is 6.42 Å². The van der Waals surface area contributed by atoms with Crippen LogP contribution in [0.2, 0.25) is 0 Å². The molecular weight excluding hydrogens is 262 g/mol. The van der Waals surface area contributed by atoms with Gasteiger partial charge in [0.25, 0.3) is 0 Å². The van der Waals surface area contributed by atoms with E-state index < -0.39 is 11.6 Å². The van der Waals surface area contributed by atoms with Crippen LogP contribution in [0.15, 0.2) is 18.2 Å². The van der Waals surface area contributed by atoms with Crippen LogP contribution < -0.4 is 0 Å². The van der Waals surface area contributed by atoms with Crippen LogP contribution in [0, 0.1) is 11.6 Å². The third-order valence-electron chi connectivity index (χ3n) is 3.12. The van der Waals surface area contributed by atoms with Gasteiger partial charge in [0.2, 0.25) is 0 Å². The van der Waals surface area contributed by atoms with Gasteiger partial charge in [-0.3, -0.25) is 4.79 Å². The average Bonchev–Trinajstić information content (AvgIpc) is 2.43. The summed E-state index contributed by atoms with van der Waals surface area (Å²) in [5.74, 6) is -1.34. The maximum atomic E-state index is 13.3. The molecule has 0 N–H and O–H groups in total. The molecule has 0 atom stereocenters. The van der Waals surface area contributed by atoms with Gasteiger partial charge in [-0.25, -0.2) is 8.78 Å². The molecule has 0 bridgehead atoms. The van der Waals surface area contributed by atoms with E-state index in [1.165, 1.54) is 12.8 Å². The largest absolute Gasteiger partial charge is 0.466 e. The molecular formula is C16H22F2O2. The Morgan fingerprint density at radius 1 is 1.15 bits per heavy atom. The van der Waals surface area contributed by atoms with Crippen molar-refractivity contribution in [3.8, 4) is 0 Å². The lowest BCUT2D eigenvalue weighted by molar-refractivity contribution is -0.143. The maximum absolute atomic E-state index is 13.3. The summed E-state index contributed by atoms with van der Waals surface area (Å²) >= 11 is 0. The van der Waals surface area contributed by atoms with Gasteiger partial charge in [0.05, 0.1) is 6.61 Å². The highest BCUT2D eigenvalue weighted by molar-refractivity contribution is 5.69. The number of hydrogen-bond acceptors (Lipinski definition) is 2. The Kier molecular flexibility index (Phi) is 7.85. The molecule has 0 spiro atoms. The zero-order valence-corrected chi connectivity index (χ0v) is 12.0. The quantitative estimate of drug-likeness (QED) is 0.496. The second kappa shape index (κ2) is 9.45. The van der Waals surface area contributed by atoms with E-state index in [1.807, 2.05) is 0 Å². The lowest BCUT2D eigenvalue weighted by Crippen LogP contribution is -2.07.